The number of rotatable bonds is 5. The van der Waals surface area contributed by atoms with Gasteiger partial charge in [-0.2, -0.15) is 0 Å². The van der Waals surface area contributed by atoms with Crippen LogP contribution < -0.4 is 15.0 Å². The van der Waals surface area contributed by atoms with Gasteiger partial charge in [0.25, 0.3) is 5.91 Å². The van der Waals surface area contributed by atoms with Gasteiger partial charge in [0.15, 0.2) is 6.61 Å². The highest BCUT2D eigenvalue weighted by Gasteiger charge is 2.19. The van der Waals surface area contributed by atoms with Crippen molar-refractivity contribution in [3.63, 3.8) is 0 Å². The van der Waals surface area contributed by atoms with Crippen LogP contribution in [-0.2, 0) is 9.53 Å². The van der Waals surface area contributed by atoms with E-state index in [0.717, 1.165) is 24.3 Å². The molecule has 0 spiro atoms. The quantitative estimate of drug-likeness (QED) is 0.886. The number of amides is 1. The molecular formula is C19H21ClN2O3. The third-order valence-corrected chi connectivity index (χ3v) is 4.28. The number of nitrogens with zero attached hydrogens (tertiary/aromatic N) is 1. The zero-order valence-corrected chi connectivity index (χ0v) is 14.9. The van der Waals surface area contributed by atoms with Crippen molar-refractivity contribution < 1.29 is 14.3 Å². The predicted octanol–water partition coefficient (Wildman–Crippen LogP) is 3.50. The maximum atomic E-state index is 12.3. The van der Waals surface area contributed by atoms with E-state index in [4.69, 9.17) is 21.1 Å². The molecule has 0 saturated carbocycles. The SMILES string of the molecule is Cc1ccc(OCC(=O)Nc2cccc(Cl)c2N2CCOCC2)cc1. The summed E-state index contributed by atoms with van der Waals surface area (Å²) in [6.07, 6.45) is 0. The van der Waals surface area contributed by atoms with E-state index in [1.807, 2.05) is 49.4 Å². The Morgan fingerprint density at radius 3 is 2.64 bits per heavy atom. The molecule has 1 N–H and O–H groups in total. The highest BCUT2D eigenvalue weighted by Crippen LogP contribution is 2.34. The largest absolute Gasteiger partial charge is 0.484 e. The number of para-hydroxylation sites is 1. The lowest BCUT2D eigenvalue weighted by molar-refractivity contribution is -0.118. The minimum Gasteiger partial charge on any atom is -0.484 e. The highest BCUT2D eigenvalue weighted by atomic mass is 35.5. The van der Waals surface area contributed by atoms with E-state index in [9.17, 15) is 4.79 Å². The second kappa shape index (κ2) is 8.23. The minimum absolute atomic E-state index is 0.0574. The van der Waals surface area contributed by atoms with E-state index in [0.29, 0.717) is 29.7 Å². The van der Waals surface area contributed by atoms with Crippen LogP contribution in [0, 0.1) is 6.92 Å². The van der Waals surface area contributed by atoms with E-state index >= 15 is 0 Å². The first kappa shape index (κ1) is 17.6. The van der Waals surface area contributed by atoms with Crippen molar-refractivity contribution in [1.29, 1.82) is 0 Å². The molecule has 5 nitrogen and oxygen atoms in total. The second-order valence-electron chi connectivity index (χ2n) is 5.89. The maximum absolute atomic E-state index is 12.3. The zero-order valence-electron chi connectivity index (χ0n) is 14.1. The average Bonchev–Trinajstić information content (AvgIpc) is 2.62. The third-order valence-electron chi connectivity index (χ3n) is 3.98. The van der Waals surface area contributed by atoms with Gasteiger partial charge in [0, 0.05) is 13.1 Å². The lowest BCUT2D eigenvalue weighted by atomic mass is 10.2. The number of hydrogen-bond donors (Lipinski definition) is 1. The Morgan fingerprint density at radius 1 is 1.20 bits per heavy atom. The molecule has 1 heterocycles. The summed E-state index contributed by atoms with van der Waals surface area (Å²) in [5.74, 6) is 0.442. The number of benzene rings is 2. The van der Waals surface area contributed by atoms with E-state index in [-0.39, 0.29) is 12.5 Å². The molecule has 1 fully saturated rings. The molecule has 2 aromatic carbocycles. The van der Waals surface area contributed by atoms with Crippen molar-refractivity contribution >= 4 is 28.9 Å². The van der Waals surface area contributed by atoms with E-state index in [2.05, 4.69) is 10.2 Å². The molecule has 0 aliphatic carbocycles. The van der Waals surface area contributed by atoms with Gasteiger partial charge in [-0.15, -0.1) is 0 Å². The standard InChI is InChI=1S/C19H21ClN2O3/c1-14-5-7-15(8-6-14)25-13-18(23)21-17-4-2-3-16(20)19(17)22-9-11-24-12-10-22/h2-8H,9-13H2,1H3,(H,21,23). The molecule has 6 heteroatoms. The molecule has 1 aliphatic heterocycles. The number of ether oxygens (including phenoxy) is 2. The van der Waals surface area contributed by atoms with Gasteiger partial charge in [0.2, 0.25) is 0 Å². The fourth-order valence-electron chi connectivity index (χ4n) is 2.69. The number of nitrogens with one attached hydrogen (secondary N) is 1. The normalized spacial score (nSPS) is 14.2. The van der Waals surface area contributed by atoms with Gasteiger partial charge in [-0.1, -0.05) is 35.4 Å². The monoisotopic (exact) mass is 360 g/mol. The molecular weight excluding hydrogens is 340 g/mol. The lowest BCUT2D eigenvalue weighted by Gasteiger charge is -2.31. The van der Waals surface area contributed by atoms with Crippen LogP contribution in [0.3, 0.4) is 0 Å². The molecule has 1 saturated heterocycles. The smallest absolute Gasteiger partial charge is 0.262 e. The van der Waals surface area contributed by atoms with Crippen LogP contribution in [0.2, 0.25) is 5.02 Å². The summed E-state index contributed by atoms with van der Waals surface area (Å²) in [4.78, 5) is 14.4. The van der Waals surface area contributed by atoms with Crippen LogP contribution in [0.1, 0.15) is 5.56 Å². The minimum atomic E-state index is -0.225. The van der Waals surface area contributed by atoms with Crippen molar-refractivity contribution in [1.82, 2.24) is 0 Å². The summed E-state index contributed by atoms with van der Waals surface area (Å²) in [7, 11) is 0. The first-order chi connectivity index (χ1) is 12.1. The molecule has 0 atom stereocenters. The molecule has 1 aliphatic rings. The fraction of sp³-hybridized carbons (Fsp3) is 0.316. The van der Waals surface area contributed by atoms with Crippen molar-refractivity contribution in [3.05, 3.63) is 53.1 Å². The summed E-state index contributed by atoms with van der Waals surface area (Å²) in [5.41, 5.74) is 2.66. The van der Waals surface area contributed by atoms with Gasteiger partial charge in [-0.05, 0) is 31.2 Å². The van der Waals surface area contributed by atoms with Crippen LogP contribution in [0.25, 0.3) is 0 Å². The van der Waals surface area contributed by atoms with Gasteiger partial charge in [-0.25, -0.2) is 0 Å². The van der Waals surface area contributed by atoms with E-state index in [1.54, 1.807) is 0 Å². The Hall–Kier alpha value is -2.24. The topological polar surface area (TPSA) is 50.8 Å². The van der Waals surface area contributed by atoms with Gasteiger partial charge in [0.1, 0.15) is 5.75 Å². The van der Waals surface area contributed by atoms with Crippen molar-refractivity contribution in [2.45, 2.75) is 6.92 Å². The van der Waals surface area contributed by atoms with Crippen molar-refractivity contribution in [2.24, 2.45) is 0 Å². The molecule has 25 heavy (non-hydrogen) atoms. The van der Waals surface area contributed by atoms with Crippen LogP contribution in [0.4, 0.5) is 11.4 Å². The summed E-state index contributed by atoms with van der Waals surface area (Å²) in [6.45, 7) is 4.73. The average molecular weight is 361 g/mol. The van der Waals surface area contributed by atoms with E-state index in [1.165, 1.54) is 0 Å². The summed E-state index contributed by atoms with van der Waals surface area (Å²) in [6, 6.07) is 13.1. The van der Waals surface area contributed by atoms with Gasteiger partial charge in [0.05, 0.1) is 29.6 Å². The number of morpholine rings is 1. The summed E-state index contributed by atoms with van der Waals surface area (Å²) >= 11 is 6.37. The first-order valence-corrected chi connectivity index (χ1v) is 8.62. The highest BCUT2D eigenvalue weighted by molar-refractivity contribution is 6.34. The predicted molar refractivity (Wildman–Crippen MR) is 99.8 cm³/mol. The molecule has 132 valence electrons. The molecule has 0 radical (unpaired) electrons. The Kier molecular flexibility index (Phi) is 5.79. The lowest BCUT2D eigenvalue weighted by Crippen LogP contribution is -2.37. The molecule has 0 unspecified atom stereocenters. The van der Waals surface area contributed by atoms with Crippen LogP contribution in [-0.4, -0.2) is 38.8 Å². The summed E-state index contributed by atoms with van der Waals surface area (Å²) < 4.78 is 10.9. The number of halogens is 1. The number of anilines is 2. The van der Waals surface area contributed by atoms with Gasteiger partial charge < -0.3 is 19.7 Å². The fourth-order valence-corrected chi connectivity index (χ4v) is 2.99. The van der Waals surface area contributed by atoms with Crippen LogP contribution in [0.15, 0.2) is 42.5 Å². The Balaban J connectivity index is 1.66. The van der Waals surface area contributed by atoms with Crippen molar-refractivity contribution in [2.75, 3.05) is 43.1 Å². The number of carbonyl (C=O) groups is 1. The second-order valence-corrected chi connectivity index (χ2v) is 6.29. The first-order valence-electron chi connectivity index (χ1n) is 8.24. The van der Waals surface area contributed by atoms with Crippen LogP contribution >= 0.6 is 11.6 Å². The molecule has 3 rings (SSSR count). The third kappa shape index (κ3) is 4.65. The van der Waals surface area contributed by atoms with Crippen molar-refractivity contribution in [3.8, 4) is 5.75 Å². The zero-order chi connectivity index (χ0) is 17.6. The number of hydrogen-bond acceptors (Lipinski definition) is 4. The molecule has 0 bridgehead atoms. The van der Waals surface area contributed by atoms with E-state index < -0.39 is 0 Å². The van der Waals surface area contributed by atoms with Gasteiger partial charge in [-0.3, -0.25) is 4.79 Å². The molecule has 2 aromatic rings. The number of aryl methyl sites for hydroxylation is 1. The Bertz CT molecular complexity index is 728. The molecule has 0 aromatic heterocycles. The van der Waals surface area contributed by atoms with Crippen LogP contribution in [0.5, 0.6) is 5.75 Å². The Morgan fingerprint density at radius 2 is 1.92 bits per heavy atom. The Labute approximate surface area is 152 Å². The molecule has 1 amide bonds. The number of carbonyl (C=O) groups excluding carboxylic acids is 1. The summed E-state index contributed by atoms with van der Waals surface area (Å²) in [5, 5.41) is 3.51. The maximum Gasteiger partial charge on any atom is 0.262 e. The van der Waals surface area contributed by atoms with Gasteiger partial charge >= 0.3 is 0 Å².